The van der Waals surface area contributed by atoms with Crippen LogP contribution in [0.5, 0.6) is 0 Å². The van der Waals surface area contributed by atoms with Crippen LogP contribution in [-0.2, 0) is 33.4 Å². The number of imide groups is 2. The van der Waals surface area contributed by atoms with Gasteiger partial charge >= 0.3 is 0 Å². The van der Waals surface area contributed by atoms with E-state index >= 15 is 0 Å². The molecule has 0 N–H and O–H groups in total. The number of hydrogen-bond donors (Lipinski definition) is 0. The maximum atomic E-state index is 12.0. The molecule has 4 unspecified atom stereocenters. The molecule has 2 saturated heterocycles. The maximum absolute atomic E-state index is 12.0. The Bertz CT molecular complexity index is 654. The summed E-state index contributed by atoms with van der Waals surface area (Å²) in [5, 5.41) is 0. The van der Waals surface area contributed by atoms with Gasteiger partial charge in [0.25, 0.3) is 11.8 Å². The van der Waals surface area contributed by atoms with Crippen LogP contribution in [0.15, 0.2) is 24.3 Å². The zero-order valence-corrected chi connectivity index (χ0v) is 15.2. The van der Waals surface area contributed by atoms with Crippen molar-refractivity contribution in [2.45, 2.75) is 12.2 Å². The molecular formula is C18H22N2O7. The van der Waals surface area contributed by atoms with Crippen LogP contribution in [0.25, 0.3) is 0 Å². The molecule has 0 aromatic rings. The number of amides is 4. The minimum absolute atomic E-state index is 0.107. The molecule has 0 aromatic heterocycles. The van der Waals surface area contributed by atoms with Gasteiger partial charge in [-0.3, -0.25) is 29.0 Å². The average molecular weight is 378 g/mol. The summed E-state index contributed by atoms with van der Waals surface area (Å²) in [6, 6.07) is 0. The molecule has 4 heterocycles. The van der Waals surface area contributed by atoms with Crippen LogP contribution in [0, 0.1) is 11.8 Å². The van der Waals surface area contributed by atoms with Crippen LogP contribution in [0.3, 0.4) is 0 Å². The van der Waals surface area contributed by atoms with Gasteiger partial charge in [-0.2, -0.15) is 0 Å². The third-order valence-electron chi connectivity index (χ3n) is 4.94. The molecule has 0 saturated carbocycles. The molecule has 4 aliphatic rings. The van der Waals surface area contributed by atoms with E-state index in [2.05, 4.69) is 0 Å². The molecule has 146 valence electrons. The summed E-state index contributed by atoms with van der Waals surface area (Å²) in [7, 11) is 3.08. The lowest BCUT2D eigenvalue weighted by Crippen LogP contribution is -2.36. The Morgan fingerprint density at radius 2 is 1.26 bits per heavy atom. The maximum Gasteiger partial charge on any atom is 0.253 e. The van der Waals surface area contributed by atoms with Crippen molar-refractivity contribution in [3.63, 3.8) is 0 Å². The molecule has 4 amide bonds. The number of nitrogens with zero attached hydrogens (tertiary/aromatic N) is 2. The quantitative estimate of drug-likeness (QED) is 0.437. The highest BCUT2D eigenvalue weighted by Crippen LogP contribution is 2.44. The van der Waals surface area contributed by atoms with Crippen LogP contribution in [0.4, 0.5) is 0 Å². The zero-order valence-electron chi connectivity index (χ0n) is 15.2. The van der Waals surface area contributed by atoms with E-state index in [1.54, 1.807) is 7.11 Å². The van der Waals surface area contributed by atoms with Crippen molar-refractivity contribution in [1.82, 2.24) is 9.80 Å². The summed E-state index contributed by atoms with van der Waals surface area (Å²) in [4.78, 5) is 48.2. The standard InChI is InChI=1S/C11H13NO4.C7H9NO3/c1-15-5-4-12-10(13)8-6-2-3-7(16-6)9(8)11(12)14;1-11-5-4-8-6(9)2-3-7(8)10/h2-3,6-9H,4-5H2,1H3;2-3H,4-5H2,1H3. The van der Waals surface area contributed by atoms with Crippen molar-refractivity contribution in [3.05, 3.63) is 24.3 Å². The van der Waals surface area contributed by atoms with Gasteiger partial charge in [0.2, 0.25) is 11.8 Å². The lowest BCUT2D eigenvalue weighted by Gasteiger charge is -2.16. The van der Waals surface area contributed by atoms with Gasteiger partial charge in [0.05, 0.1) is 50.3 Å². The fourth-order valence-corrected chi connectivity index (χ4v) is 3.60. The van der Waals surface area contributed by atoms with Crippen LogP contribution >= 0.6 is 0 Å². The number of rotatable bonds is 6. The fourth-order valence-electron chi connectivity index (χ4n) is 3.60. The normalized spacial score (nSPS) is 30.4. The number of ether oxygens (including phenoxy) is 3. The fraction of sp³-hybridized carbons (Fsp3) is 0.556. The van der Waals surface area contributed by atoms with Crippen LogP contribution < -0.4 is 0 Å². The molecule has 0 aliphatic carbocycles. The largest absolute Gasteiger partial charge is 0.383 e. The number of methoxy groups -OCH3 is 2. The number of hydrogen-bond acceptors (Lipinski definition) is 7. The third kappa shape index (κ3) is 3.58. The van der Waals surface area contributed by atoms with E-state index < -0.39 is 0 Å². The van der Waals surface area contributed by atoms with Crippen LogP contribution in [0.1, 0.15) is 0 Å². The van der Waals surface area contributed by atoms with Crippen molar-refractivity contribution in [3.8, 4) is 0 Å². The lowest BCUT2D eigenvalue weighted by atomic mass is 9.85. The molecule has 27 heavy (non-hydrogen) atoms. The number of carbonyl (C=O) groups excluding carboxylic acids is 4. The summed E-state index contributed by atoms with van der Waals surface area (Å²) in [5.41, 5.74) is 0. The third-order valence-corrected chi connectivity index (χ3v) is 4.94. The van der Waals surface area contributed by atoms with Crippen LogP contribution in [0.2, 0.25) is 0 Å². The van der Waals surface area contributed by atoms with Gasteiger partial charge in [-0.05, 0) is 0 Å². The van der Waals surface area contributed by atoms with Crippen molar-refractivity contribution < 1.29 is 33.4 Å². The molecule has 0 aromatic carbocycles. The molecular weight excluding hydrogens is 356 g/mol. The summed E-state index contributed by atoms with van der Waals surface area (Å²) in [6.45, 7) is 1.46. The minimum atomic E-state index is -0.292. The van der Waals surface area contributed by atoms with Gasteiger partial charge in [-0.15, -0.1) is 0 Å². The van der Waals surface area contributed by atoms with Crippen molar-refractivity contribution >= 4 is 23.6 Å². The first-order valence-electron chi connectivity index (χ1n) is 8.70. The van der Waals surface area contributed by atoms with Gasteiger partial charge in [-0.25, -0.2) is 0 Å². The molecule has 4 atom stereocenters. The predicted octanol–water partition coefficient (Wildman–Crippen LogP) is -0.871. The first-order chi connectivity index (χ1) is 13.0. The molecule has 4 aliphatic heterocycles. The average Bonchev–Trinajstić information content (AvgIpc) is 3.40. The molecule has 9 heteroatoms. The SMILES string of the molecule is COCCN1C(=O)C2C3C=CC(O3)C2C1=O.COCCN1C(=O)C=CC1=O. The molecule has 9 nitrogen and oxygen atoms in total. The zero-order chi connectivity index (χ0) is 19.6. The van der Waals surface area contributed by atoms with Crippen molar-refractivity contribution in [1.29, 1.82) is 0 Å². The van der Waals surface area contributed by atoms with E-state index in [-0.39, 0.29) is 47.7 Å². The monoisotopic (exact) mass is 378 g/mol. The molecule has 0 spiro atoms. The summed E-state index contributed by atoms with van der Waals surface area (Å²) < 4.78 is 15.1. The summed E-state index contributed by atoms with van der Waals surface area (Å²) >= 11 is 0. The Hall–Kier alpha value is -2.36. The molecule has 4 rings (SSSR count). The predicted molar refractivity (Wildman–Crippen MR) is 91.1 cm³/mol. The molecule has 0 radical (unpaired) electrons. The highest BCUT2D eigenvalue weighted by molar-refractivity contribution is 6.12. The Labute approximate surface area is 156 Å². The van der Waals surface area contributed by atoms with E-state index in [9.17, 15) is 19.2 Å². The lowest BCUT2D eigenvalue weighted by molar-refractivity contribution is -0.143. The summed E-state index contributed by atoms with van der Waals surface area (Å²) in [5.74, 6) is -1.31. The van der Waals surface area contributed by atoms with Crippen molar-refractivity contribution in [2.75, 3.05) is 40.5 Å². The first-order valence-corrected chi connectivity index (χ1v) is 8.70. The first kappa shape index (κ1) is 19.4. The van der Waals surface area contributed by atoms with E-state index in [1.807, 2.05) is 12.2 Å². The topological polar surface area (TPSA) is 102 Å². The Morgan fingerprint density at radius 1 is 0.815 bits per heavy atom. The van der Waals surface area contributed by atoms with E-state index in [1.165, 1.54) is 24.2 Å². The van der Waals surface area contributed by atoms with E-state index in [0.717, 1.165) is 4.90 Å². The van der Waals surface area contributed by atoms with Gasteiger partial charge in [0.15, 0.2) is 0 Å². The highest BCUT2D eigenvalue weighted by Gasteiger charge is 2.60. The Morgan fingerprint density at radius 3 is 1.70 bits per heavy atom. The molecule has 2 fully saturated rings. The second-order valence-electron chi connectivity index (χ2n) is 6.48. The molecule has 2 bridgehead atoms. The minimum Gasteiger partial charge on any atom is -0.383 e. The van der Waals surface area contributed by atoms with Crippen LogP contribution in [-0.4, -0.2) is 86.2 Å². The smallest absolute Gasteiger partial charge is 0.253 e. The second-order valence-corrected chi connectivity index (χ2v) is 6.48. The van der Waals surface area contributed by atoms with Gasteiger partial charge < -0.3 is 14.2 Å². The summed E-state index contributed by atoms with van der Waals surface area (Å²) in [6.07, 6.45) is 5.90. The van der Waals surface area contributed by atoms with Gasteiger partial charge in [0.1, 0.15) is 0 Å². The number of likely N-dealkylation sites (tertiary alicyclic amines) is 1. The Kier molecular flexibility index (Phi) is 5.83. The highest BCUT2D eigenvalue weighted by atomic mass is 16.5. The van der Waals surface area contributed by atoms with E-state index in [4.69, 9.17) is 14.2 Å². The number of carbonyl (C=O) groups is 4. The van der Waals surface area contributed by atoms with E-state index in [0.29, 0.717) is 26.3 Å². The van der Waals surface area contributed by atoms with Gasteiger partial charge in [-0.1, -0.05) is 12.2 Å². The van der Waals surface area contributed by atoms with Crippen molar-refractivity contribution in [2.24, 2.45) is 11.8 Å². The second kappa shape index (κ2) is 8.12. The van der Waals surface area contributed by atoms with Gasteiger partial charge in [0, 0.05) is 26.4 Å². The number of fused-ring (bicyclic) bond motifs is 5. The Balaban J connectivity index is 0.000000168.